The SMILES string of the molecule is CCCCCC(=O)N[C@H]1CO[C@@H](CN2CCN(C)CC2)[C@@H]1O. The molecule has 1 amide bonds. The molecule has 2 heterocycles. The Labute approximate surface area is 133 Å². The number of carbonyl (C=O) groups is 1. The van der Waals surface area contributed by atoms with Gasteiger partial charge in [-0.2, -0.15) is 0 Å². The third kappa shape index (κ3) is 5.19. The summed E-state index contributed by atoms with van der Waals surface area (Å²) in [6.07, 6.45) is 2.84. The van der Waals surface area contributed by atoms with Gasteiger partial charge in [0.25, 0.3) is 0 Å². The molecule has 0 aromatic carbocycles. The second-order valence-electron chi connectivity index (χ2n) is 6.60. The number of ether oxygens (including phenoxy) is 1. The van der Waals surface area contributed by atoms with Crippen molar-refractivity contribution in [2.24, 2.45) is 0 Å². The van der Waals surface area contributed by atoms with Crippen LogP contribution >= 0.6 is 0 Å². The molecule has 2 N–H and O–H groups in total. The minimum Gasteiger partial charge on any atom is -0.388 e. The van der Waals surface area contributed by atoms with Crippen LogP contribution in [0.4, 0.5) is 0 Å². The van der Waals surface area contributed by atoms with Crippen LogP contribution in [0.25, 0.3) is 0 Å². The van der Waals surface area contributed by atoms with Gasteiger partial charge in [-0.3, -0.25) is 9.69 Å². The first-order valence-corrected chi connectivity index (χ1v) is 8.60. The van der Waals surface area contributed by atoms with Gasteiger partial charge in [-0.05, 0) is 13.5 Å². The summed E-state index contributed by atoms with van der Waals surface area (Å²) < 4.78 is 5.71. The third-order valence-corrected chi connectivity index (χ3v) is 4.67. The molecule has 2 aliphatic heterocycles. The largest absolute Gasteiger partial charge is 0.388 e. The smallest absolute Gasteiger partial charge is 0.220 e. The number of hydrogen-bond donors (Lipinski definition) is 2. The minimum atomic E-state index is -0.602. The van der Waals surface area contributed by atoms with E-state index in [4.69, 9.17) is 4.74 Å². The lowest BCUT2D eigenvalue weighted by molar-refractivity contribution is -0.122. The molecule has 0 aromatic rings. The van der Waals surface area contributed by atoms with Gasteiger partial charge in [0.1, 0.15) is 6.10 Å². The number of amides is 1. The van der Waals surface area contributed by atoms with Gasteiger partial charge in [0.05, 0.1) is 18.8 Å². The van der Waals surface area contributed by atoms with Crippen LogP contribution in [0, 0.1) is 0 Å². The van der Waals surface area contributed by atoms with E-state index >= 15 is 0 Å². The summed E-state index contributed by atoms with van der Waals surface area (Å²) in [7, 11) is 2.13. The van der Waals surface area contributed by atoms with Crippen LogP contribution in [-0.4, -0.2) is 85.4 Å². The van der Waals surface area contributed by atoms with E-state index in [1.807, 2.05) is 0 Å². The molecule has 2 aliphatic rings. The highest BCUT2D eigenvalue weighted by Crippen LogP contribution is 2.17. The van der Waals surface area contributed by atoms with Crippen molar-refractivity contribution in [1.29, 1.82) is 0 Å². The van der Waals surface area contributed by atoms with Crippen LogP contribution < -0.4 is 5.32 Å². The summed E-state index contributed by atoms with van der Waals surface area (Å²) in [6.45, 7) is 7.42. The Morgan fingerprint density at radius 2 is 2.00 bits per heavy atom. The van der Waals surface area contributed by atoms with Crippen LogP contribution in [0.1, 0.15) is 32.6 Å². The summed E-state index contributed by atoms with van der Waals surface area (Å²) in [5, 5.41) is 13.3. The lowest BCUT2D eigenvalue weighted by atomic mass is 10.1. The number of carbonyl (C=O) groups excluding carboxylic acids is 1. The van der Waals surface area contributed by atoms with E-state index in [2.05, 4.69) is 29.1 Å². The molecule has 0 radical (unpaired) electrons. The maximum atomic E-state index is 11.9. The number of aliphatic hydroxyl groups is 1. The van der Waals surface area contributed by atoms with Crippen molar-refractivity contribution in [3.8, 4) is 0 Å². The fourth-order valence-electron chi connectivity index (χ4n) is 3.07. The highest BCUT2D eigenvalue weighted by Gasteiger charge is 2.37. The predicted octanol–water partition coefficient (Wildman–Crippen LogP) is 0.0586. The molecule has 6 nitrogen and oxygen atoms in total. The Hall–Kier alpha value is -0.690. The van der Waals surface area contributed by atoms with Crippen LogP contribution in [0.3, 0.4) is 0 Å². The van der Waals surface area contributed by atoms with Crippen LogP contribution in [0.15, 0.2) is 0 Å². The summed E-state index contributed by atoms with van der Waals surface area (Å²) >= 11 is 0. The molecule has 0 unspecified atom stereocenters. The molecule has 2 rings (SSSR count). The molecule has 0 spiro atoms. The van der Waals surface area contributed by atoms with Crippen molar-refractivity contribution >= 4 is 5.91 Å². The Bertz CT molecular complexity index is 346. The quantitative estimate of drug-likeness (QED) is 0.651. The molecule has 128 valence electrons. The molecule has 0 aliphatic carbocycles. The molecule has 2 saturated heterocycles. The molecule has 0 bridgehead atoms. The van der Waals surface area contributed by atoms with Gasteiger partial charge < -0.3 is 20.1 Å². The topological polar surface area (TPSA) is 65.0 Å². The van der Waals surface area contributed by atoms with Crippen LogP contribution in [0.5, 0.6) is 0 Å². The molecular formula is C16H31N3O3. The number of nitrogens with one attached hydrogen (secondary N) is 1. The normalized spacial score (nSPS) is 30.6. The maximum absolute atomic E-state index is 11.9. The molecule has 2 fully saturated rings. The second kappa shape index (κ2) is 8.82. The van der Waals surface area contributed by atoms with Crippen molar-refractivity contribution in [1.82, 2.24) is 15.1 Å². The van der Waals surface area contributed by atoms with E-state index < -0.39 is 6.10 Å². The molecule has 0 aromatic heterocycles. The Morgan fingerprint density at radius 3 is 2.68 bits per heavy atom. The Balaban J connectivity index is 1.70. The minimum absolute atomic E-state index is 0.0290. The van der Waals surface area contributed by atoms with Gasteiger partial charge in [-0.15, -0.1) is 0 Å². The highest BCUT2D eigenvalue weighted by atomic mass is 16.5. The number of likely N-dealkylation sites (N-methyl/N-ethyl adjacent to an activating group) is 1. The van der Waals surface area contributed by atoms with E-state index in [1.54, 1.807) is 0 Å². The summed E-state index contributed by atoms with van der Waals surface area (Å²) in [6, 6.07) is -0.258. The van der Waals surface area contributed by atoms with Crippen molar-refractivity contribution in [3.05, 3.63) is 0 Å². The fourth-order valence-corrected chi connectivity index (χ4v) is 3.07. The van der Waals surface area contributed by atoms with Gasteiger partial charge in [-0.1, -0.05) is 19.8 Å². The van der Waals surface area contributed by atoms with Gasteiger partial charge in [0.15, 0.2) is 0 Å². The number of hydrogen-bond acceptors (Lipinski definition) is 5. The summed E-state index contributed by atoms with van der Waals surface area (Å²) in [5.41, 5.74) is 0. The van der Waals surface area contributed by atoms with Crippen molar-refractivity contribution in [2.45, 2.75) is 50.9 Å². The standard InChI is InChI=1S/C16H31N3O3/c1-3-4-5-6-15(20)17-13-12-22-14(16(13)21)11-19-9-7-18(2)8-10-19/h13-14,16,21H,3-12H2,1-2H3,(H,17,20)/t13-,14-,16+/m0/s1. The number of rotatable bonds is 7. The monoisotopic (exact) mass is 313 g/mol. The predicted molar refractivity (Wildman–Crippen MR) is 85.8 cm³/mol. The summed E-state index contributed by atoms with van der Waals surface area (Å²) in [5.74, 6) is 0.0290. The number of unbranched alkanes of at least 4 members (excludes halogenated alkanes) is 2. The van der Waals surface area contributed by atoms with E-state index in [9.17, 15) is 9.90 Å². The average molecular weight is 313 g/mol. The van der Waals surface area contributed by atoms with Crippen LogP contribution in [0.2, 0.25) is 0 Å². The van der Waals surface area contributed by atoms with Crippen molar-refractivity contribution < 1.29 is 14.6 Å². The average Bonchev–Trinajstić information content (AvgIpc) is 2.83. The highest BCUT2D eigenvalue weighted by molar-refractivity contribution is 5.76. The first-order chi connectivity index (χ1) is 10.6. The second-order valence-corrected chi connectivity index (χ2v) is 6.60. The zero-order valence-corrected chi connectivity index (χ0v) is 14.0. The Morgan fingerprint density at radius 1 is 1.27 bits per heavy atom. The molecule has 0 saturated carbocycles. The number of aliphatic hydroxyl groups excluding tert-OH is 1. The maximum Gasteiger partial charge on any atom is 0.220 e. The lowest BCUT2D eigenvalue weighted by Crippen LogP contribution is -2.50. The molecule has 22 heavy (non-hydrogen) atoms. The summed E-state index contributed by atoms with van der Waals surface area (Å²) in [4.78, 5) is 16.5. The van der Waals surface area contributed by atoms with E-state index in [0.29, 0.717) is 13.0 Å². The lowest BCUT2D eigenvalue weighted by Gasteiger charge is -2.34. The fraction of sp³-hybridized carbons (Fsp3) is 0.938. The first-order valence-electron chi connectivity index (χ1n) is 8.60. The van der Waals surface area contributed by atoms with Gasteiger partial charge in [0, 0.05) is 39.1 Å². The molecule has 3 atom stereocenters. The van der Waals surface area contributed by atoms with Gasteiger partial charge >= 0.3 is 0 Å². The number of nitrogens with zero attached hydrogens (tertiary/aromatic N) is 2. The van der Waals surface area contributed by atoms with Crippen LogP contribution in [-0.2, 0) is 9.53 Å². The third-order valence-electron chi connectivity index (χ3n) is 4.67. The van der Waals surface area contributed by atoms with E-state index in [1.165, 1.54) is 0 Å². The molecular weight excluding hydrogens is 282 g/mol. The van der Waals surface area contributed by atoms with E-state index in [-0.39, 0.29) is 18.1 Å². The van der Waals surface area contributed by atoms with Crippen molar-refractivity contribution in [2.75, 3.05) is 46.4 Å². The Kier molecular flexibility index (Phi) is 7.08. The first kappa shape index (κ1) is 17.7. The number of piperazine rings is 1. The van der Waals surface area contributed by atoms with E-state index in [0.717, 1.165) is 52.0 Å². The zero-order chi connectivity index (χ0) is 15.9. The molecule has 6 heteroatoms. The van der Waals surface area contributed by atoms with Gasteiger partial charge in [-0.25, -0.2) is 0 Å². The van der Waals surface area contributed by atoms with Crippen molar-refractivity contribution in [3.63, 3.8) is 0 Å². The zero-order valence-electron chi connectivity index (χ0n) is 14.0. The van der Waals surface area contributed by atoms with Gasteiger partial charge in [0.2, 0.25) is 5.91 Å².